The summed E-state index contributed by atoms with van der Waals surface area (Å²) in [6, 6.07) is 18.2. The van der Waals surface area contributed by atoms with Gasteiger partial charge in [0.2, 0.25) is 11.8 Å². The minimum Gasteiger partial charge on any atom is -0.447 e. The average Bonchev–Trinajstić information content (AvgIpc) is 3.35. The van der Waals surface area contributed by atoms with Gasteiger partial charge in [0.25, 0.3) is 0 Å². The first-order valence-corrected chi connectivity index (χ1v) is 10.6. The van der Waals surface area contributed by atoms with Crippen LogP contribution in [0.2, 0.25) is 0 Å². The Labute approximate surface area is 185 Å². The summed E-state index contributed by atoms with van der Waals surface area (Å²) in [5.74, 6) is -0.983. The number of hydrogen-bond donors (Lipinski definition) is 0. The molecule has 0 spiro atoms. The molecule has 0 saturated carbocycles. The van der Waals surface area contributed by atoms with E-state index >= 15 is 0 Å². The molecule has 0 aromatic heterocycles. The first kappa shape index (κ1) is 21.5. The van der Waals surface area contributed by atoms with E-state index < -0.39 is 36.1 Å². The van der Waals surface area contributed by atoms with Gasteiger partial charge >= 0.3 is 12.2 Å². The first-order chi connectivity index (χ1) is 15.5. The van der Waals surface area contributed by atoms with Gasteiger partial charge in [-0.05, 0) is 24.0 Å². The second-order valence-corrected chi connectivity index (χ2v) is 7.87. The van der Waals surface area contributed by atoms with Crippen molar-refractivity contribution in [1.82, 2.24) is 9.80 Å². The van der Waals surface area contributed by atoms with E-state index in [1.165, 1.54) is 0 Å². The van der Waals surface area contributed by atoms with Crippen molar-refractivity contribution in [2.24, 2.45) is 0 Å². The maximum Gasteiger partial charge on any atom is 0.416 e. The highest BCUT2D eigenvalue weighted by molar-refractivity contribution is 5.98. The van der Waals surface area contributed by atoms with Crippen LogP contribution in [0.15, 0.2) is 60.7 Å². The first-order valence-electron chi connectivity index (χ1n) is 10.6. The van der Waals surface area contributed by atoms with Crippen molar-refractivity contribution >= 4 is 24.0 Å². The van der Waals surface area contributed by atoms with E-state index in [-0.39, 0.29) is 26.1 Å². The molecule has 2 aliphatic heterocycles. The predicted octanol–water partition coefficient (Wildman–Crippen LogP) is 2.95. The highest BCUT2D eigenvalue weighted by Crippen LogP contribution is 2.21. The Hall–Kier alpha value is -3.68. The van der Waals surface area contributed by atoms with Crippen LogP contribution >= 0.6 is 0 Å². The van der Waals surface area contributed by atoms with Crippen molar-refractivity contribution in [2.75, 3.05) is 13.2 Å². The molecule has 4 amide bonds. The van der Waals surface area contributed by atoms with Crippen molar-refractivity contribution in [1.29, 1.82) is 0 Å². The molecule has 4 rings (SSSR count). The van der Waals surface area contributed by atoms with Crippen LogP contribution in [-0.2, 0) is 31.9 Å². The molecule has 32 heavy (non-hydrogen) atoms. The molecule has 2 heterocycles. The number of rotatable bonds is 7. The van der Waals surface area contributed by atoms with Crippen molar-refractivity contribution < 1.29 is 28.7 Å². The van der Waals surface area contributed by atoms with Crippen molar-refractivity contribution in [2.45, 2.75) is 37.8 Å². The molecule has 0 unspecified atom stereocenters. The molecule has 166 valence electrons. The lowest BCUT2D eigenvalue weighted by atomic mass is 10.0. The van der Waals surface area contributed by atoms with Gasteiger partial charge in [-0.15, -0.1) is 0 Å². The van der Waals surface area contributed by atoms with Gasteiger partial charge in [-0.3, -0.25) is 9.59 Å². The minimum absolute atomic E-state index is 0.116. The quantitative estimate of drug-likeness (QED) is 0.663. The molecular weight excluding hydrogens is 412 g/mol. The van der Waals surface area contributed by atoms with Crippen LogP contribution in [0.1, 0.15) is 24.0 Å². The monoisotopic (exact) mass is 436 g/mol. The van der Waals surface area contributed by atoms with E-state index in [2.05, 4.69) is 0 Å². The number of nitrogens with zero attached hydrogens (tertiary/aromatic N) is 2. The minimum atomic E-state index is -0.703. The number of hydrogen-bond acceptors (Lipinski definition) is 6. The summed E-state index contributed by atoms with van der Waals surface area (Å²) in [4.78, 5) is 52.0. The van der Waals surface area contributed by atoms with Gasteiger partial charge in [0.05, 0.1) is 12.1 Å². The zero-order valence-corrected chi connectivity index (χ0v) is 17.5. The van der Waals surface area contributed by atoms with Crippen LogP contribution in [0.25, 0.3) is 0 Å². The van der Waals surface area contributed by atoms with Gasteiger partial charge in [0.1, 0.15) is 13.2 Å². The summed E-state index contributed by atoms with van der Waals surface area (Å²) in [5, 5.41) is 0. The topological polar surface area (TPSA) is 93.2 Å². The Morgan fingerprint density at radius 3 is 1.44 bits per heavy atom. The zero-order chi connectivity index (χ0) is 22.5. The van der Waals surface area contributed by atoms with E-state index in [0.717, 1.165) is 20.9 Å². The maximum atomic E-state index is 12.8. The van der Waals surface area contributed by atoms with Crippen LogP contribution in [0, 0.1) is 0 Å². The molecule has 8 heteroatoms. The third kappa shape index (κ3) is 4.80. The second kappa shape index (κ2) is 9.64. The Morgan fingerprint density at radius 1 is 0.688 bits per heavy atom. The predicted molar refractivity (Wildman–Crippen MR) is 113 cm³/mol. The summed E-state index contributed by atoms with van der Waals surface area (Å²) in [7, 11) is 0. The van der Waals surface area contributed by atoms with Crippen LogP contribution < -0.4 is 0 Å². The van der Waals surface area contributed by atoms with Gasteiger partial charge in [0.15, 0.2) is 0 Å². The standard InChI is InChI=1S/C24H24N2O6/c27-21(25-19(15-31-23(25)29)13-17-7-3-1-4-8-17)11-12-22(28)26-20(16-32-24(26)30)14-18-9-5-2-6-10-18/h1-10,19-20H,11-16H2/t19-,20-/m1/s1. The molecule has 2 aromatic rings. The Balaban J connectivity index is 1.36. The lowest BCUT2D eigenvalue weighted by molar-refractivity contribution is -0.135. The highest BCUT2D eigenvalue weighted by Gasteiger charge is 2.40. The Kier molecular flexibility index (Phi) is 6.49. The summed E-state index contributed by atoms with van der Waals surface area (Å²) in [6.07, 6.45) is -0.840. The second-order valence-electron chi connectivity index (χ2n) is 7.87. The molecule has 8 nitrogen and oxygen atoms in total. The zero-order valence-electron chi connectivity index (χ0n) is 17.5. The number of ether oxygens (including phenoxy) is 2. The molecular formula is C24H24N2O6. The van der Waals surface area contributed by atoms with Gasteiger partial charge in [-0.2, -0.15) is 0 Å². The molecule has 0 bridgehead atoms. The largest absolute Gasteiger partial charge is 0.447 e. The van der Waals surface area contributed by atoms with E-state index in [0.29, 0.717) is 12.8 Å². The summed E-state index contributed by atoms with van der Waals surface area (Å²) in [5.41, 5.74) is 1.96. The molecule has 2 aliphatic rings. The van der Waals surface area contributed by atoms with Crippen molar-refractivity contribution in [3.05, 3.63) is 71.8 Å². The number of carbonyl (C=O) groups excluding carboxylic acids is 4. The maximum absolute atomic E-state index is 12.8. The number of carbonyl (C=O) groups is 4. The fraction of sp³-hybridized carbons (Fsp3) is 0.333. The summed E-state index contributed by atoms with van der Waals surface area (Å²) >= 11 is 0. The third-order valence-corrected chi connectivity index (χ3v) is 5.64. The Morgan fingerprint density at radius 2 is 1.06 bits per heavy atom. The molecule has 2 atom stereocenters. The molecule has 2 fully saturated rings. The SMILES string of the molecule is O=C(CCC(=O)N1C(=O)OC[C@H]1Cc1ccccc1)N1C(=O)OC[C@H]1Cc1ccccc1. The lowest BCUT2D eigenvalue weighted by Crippen LogP contribution is -2.42. The normalized spacial score (nSPS) is 20.2. The smallest absolute Gasteiger partial charge is 0.416 e. The summed E-state index contributed by atoms with van der Waals surface area (Å²) < 4.78 is 10.2. The van der Waals surface area contributed by atoms with Gasteiger partial charge in [-0.25, -0.2) is 19.4 Å². The van der Waals surface area contributed by atoms with E-state index in [9.17, 15) is 19.2 Å². The van der Waals surface area contributed by atoms with Crippen molar-refractivity contribution in [3.8, 4) is 0 Å². The summed E-state index contributed by atoms with van der Waals surface area (Å²) in [6.45, 7) is 0.232. The average molecular weight is 436 g/mol. The highest BCUT2D eigenvalue weighted by atomic mass is 16.6. The van der Waals surface area contributed by atoms with Crippen molar-refractivity contribution in [3.63, 3.8) is 0 Å². The van der Waals surface area contributed by atoms with Gasteiger partial charge < -0.3 is 9.47 Å². The number of benzene rings is 2. The molecule has 0 aliphatic carbocycles. The fourth-order valence-corrected chi connectivity index (χ4v) is 4.06. The fourth-order valence-electron chi connectivity index (χ4n) is 4.06. The molecule has 2 aromatic carbocycles. The van der Waals surface area contributed by atoms with Crippen LogP contribution in [0.4, 0.5) is 9.59 Å². The molecule has 0 N–H and O–H groups in total. The van der Waals surface area contributed by atoms with Gasteiger partial charge in [0, 0.05) is 12.8 Å². The lowest BCUT2D eigenvalue weighted by Gasteiger charge is -2.22. The van der Waals surface area contributed by atoms with Gasteiger partial charge in [-0.1, -0.05) is 60.7 Å². The molecule has 2 saturated heterocycles. The third-order valence-electron chi connectivity index (χ3n) is 5.64. The molecule has 0 radical (unpaired) electrons. The van der Waals surface area contributed by atoms with Crippen LogP contribution in [0.3, 0.4) is 0 Å². The number of cyclic esters (lactones) is 2. The van der Waals surface area contributed by atoms with Crippen LogP contribution in [0.5, 0.6) is 0 Å². The Bertz CT molecular complexity index is 913. The number of amides is 4. The van der Waals surface area contributed by atoms with E-state index in [4.69, 9.17) is 9.47 Å². The number of imide groups is 2. The van der Waals surface area contributed by atoms with Crippen LogP contribution in [-0.4, -0.2) is 59.1 Å². The van der Waals surface area contributed by atoms with E-state index in [1.54, 1.807) is 0 Å². The van der Waals surface area contributed by atoms with E-state index in [1.807, 2.05) is 60.7 Å².